The number of alkyl halides is 3. The molecule has 0 aliphatic carbocycles. The first kappa shape index (κ1) is 25.6. The van der Waals surface area contributed by atoms with Gasteiger partial charge < -0.3 is 5.73 Å². The zero-order chi connectivity index (χ0) is 27.7. The van der Waals surface area contributed by atoms with Crippen molar-refractivity contribution in [2.45, 2.75) is 6.18 Å². The Hall–Kier alpha value is -5.05. The molecule has 4 aromatic carbocycles. The van der Waals surface area contributed by atoms with Crippen molar-refractivity contribution in [3.8, 4) is 11.1 Å². The number of para-hydroxylation sites is 1. The second-order valence-corrected chi connectivity index (χ2v) is 8.65. The van der Waals surface area contributed by atoms with Gasteiger partial charge >= 0.3 is 12.2 Å². The van der Waals surface area contributed by atoms with Gasteiger partial charge in [0.2, 0.25) is 0 Å². The Kier molecular flexibility index (Phi) is 6.57. The lowest BCUT2D eigenvalue weighted by Crippen LogP contribution is -2.31. The molecule has 9 heteroatoms. The minimum absolute atomic E-state index is 0.0709. The zero-order valence-corrected chi connectivity index (χ0v) is 20.1. The summed E-state index contributed by atoms with van der Waals surface area (Å²) in [5.41, 5.74) is 5.65. The fourth-order valence-electron chi connectivity index (χ4n) is 4.50. The molecule has 5 rings (SSSR count). The number of hydrogen-bond donors (Lipinski definition) is 1. The number of urea groups is 1. The standard InChI is InChI=1S/C30H19F4N3O2/c31-20-10-5-12-22(16-20)37(29(35)39)21-11-4-9-19(15-21)26-23-13-6-14-25(30(32,33)34)27(23)36-17-24(26)28(38)18-7-2-1-3-8-18/h1-17H,(H2,35,39). The number of carbonyl (C=O) groups excluding carboxylic acids is 2. The molecule has 5 aromatic rings. The second kappa shape index (κ2) is 10.0. The van der Waals surface area contributed by atoms with Gasteiger partial charge in [0.15, 0.2) is 5.78 Å². The van der Waals surface area contributed by atoms with Gasteiger partial charge in [-0.25, -0.2) is 9.18 Å². The summed E-state index contributed by atoms with van der Waals surface area (Å²) in [5, 5.41) is 0.0973. The van der Waals surface area contributed by atoms with E-state index in [-0.39, 0.29) is 33.4 Å². The molecular weight excluding hydrogens is 510 g/mol. The summed E-state index contributed by atoms with van der Waals surface area (Å²) in [7, 11) is 0. The lowest BCUT2D eigenvalue weighted by molar-refractivity contribution is -0.136. The van der Waals surface area contributed by atoms with Crippen molar-refractivity contribution in [3.05, 3.63) is 126 Å². The number of carbonyl (C=O) groups is 2. The summed E-state index contributed by atoms with van der Waals surface area (Å²) in [5.74, 6) is -1.04. The number of rotatable bonds is 5. The molecule has 2 amide bonds. The minimum atomic E-state index is -4.68. The first-order valence-corrected chi connectivity index (χ1v) is 11.7. The van der Waals surface area contributed by atoms with Crippen molar-refractivity contribution in [2.24, 2.45) is 5.73 Å². The van der Waals surface area contributed by atoms with E-state index in [2.05, 4.69) is 4.98 Å². The van der Waals surface area contributed by atoms with Crippen LogP contribution in [-0.2, 0) is 6.18 Å². The summed E-state index contributed by atoms with van der Waals surface area (Å²) in [4.78, 5) is 31.1. The van der Waals surface area contributed by atoms with Gasteiger partial charge in [-0.3, -0.25) is 14.7 Å². The molecule has 1 heterocycles. The zero-order valence-electron chi connectivity index (χ0n) is 20.1. The van der Waals surface area contributed by atoms with Crippen LogP contribution in [-0.4, -0.2) is 16.8 Å². The van der Waals surface area contributed by atoms with Gasteiger partial charge in [-0.1, -0.05) is 60.7 Å². The molecule has 0 aliphatic heterocycles. The van der Waals surface area contributed by atoms with Crippen LogP contribution in [0.1, 0.15) is 21.5 Å². The van der Waals surface area contributed by atoms with E-state index in [0.29, 0.717) is 11.1 Å². The highest BCUT2D eigenvalue weighted by Gasteiger charge is 2.34. The number of amides is 2. The summed E-state index contributed by atoms with van der Waals surface area (Å²) in [6, 6.07) is 22.5. The van der Waals surface area contributed by atoms with Crippen molar-refractivity contribution in [3.63, 3.8) is 0 Å². The Morgan fingerprint density at radius 3 is 2.13 bits per heavy atom. The summed E-state index contributed by atoms with van der Waals surface area (Å²) in [6.07, 6.45) is -3.55. The smallest absolute Gasteiger partial charge is 0.351 e. The molecule has 194 valence electrons. The monoisotopic (exact) mass is 529 g/mol. The van der Waals surface area contributed by atoms with Crippen LogP contribution in [0.2, 0.25) is 0 Å². The highest BCUT2D eigenvalue weighted by molar-refractivity contribution is 6.17. The van der Waals surface area contributed by atoms with E-state index in [0.717, 1.165) is 23.2 Å². The third-order valence-electron chi connectivity index (χ3n) is 6.16. The molecule has 39 heavy (non-hydrogen) atoms. The van der Waals surface area contributed by atoms with Crippen LogP contribution in [0.3, 0.4) is 0 Å². The lowest BCUT2D eigenvalue weighted by atomic mass is 9.91. The van der Waals surface area contributed by atoms with Gasteiger partial charge in [0.25, 0.3) is 0 Å². The van der Waals surface area contributed by atoms with Crippen LogP contribution in [0.25, 0.3) is 22.0 Å². The Bertz CT molecular complexity index is 1720. The van der Waals surface area contributed by atoms with Crippen LogP contribution in [0.5, 0.6) is 0 Å². The van der Waals surface area contributed by atoms with Crippen molar-refractivity contribution in [1.29, 1.82) is 0 Å². The van der Waals surface area contributed by atoms with Crippen molar-refractivity contribution in [1.82, 2.24) is 4.98 Å². The van der Waals surface area contributed by atoms with Gasteiger partial charge in [-0.05, 0) is 42.0 Å². The molecule has 0 radical (unpaired) electrons. The molecule has 0 saturated carbocycles. The number of nitrogens with two attached hydrogens (primary N) is 1. The van der Waals surface area contributed by atoms with Gasteiger partial charge in [0, 0.05) is 28.3 Å². The number of pyridine rings is 1. The maximum Gasteiger partial charge on any atom is 0.418 e. The molecule has 0 bridgehead atoms. The first-order valence-electron chi connectivity index (χ1n) is 11.7. The molecule has 0 spiro atoms. The number of ketones is 1. The number of benzene rings is 4. The first-order chi connectivity index (χ1) is 18.6. The molecule has 0 unspecified atom stereocenters. The molecule has 1 aromatic heterocycles. The summed E-state index contributed by atoms with van der Waals surface area (Å²) >= 11 is 0. The number of anilines is 2. The minimum Gasteiger partial charge on any atom is -0.351 e. The topological polar surface area (TPSA) is 76.3 Å². The van der Waals surface area contributed by atoms with Crippen molar-refractivity contribution < 1.29 is 27.2 Å². The predicted molar refractivity (Wildman–Crippen MR) is 140 cm³/mol. The molecule has 0 fully saturated rings. The van der Waals surface area contributed by atoms with Crippen molar-refractivity contribution >= 4 is 34.1 Å². The number of aromatic nitrogens is 1. The van der Waals surface area contributed by atoms with Crippen LogP contribution in [0.15, 0.2) is 103 Å². The molecule has 0 saturated heterocycles. The van der Waals surface area contributed by atoms with Crippen LogP contribution in [0, 0.1) is 5.82 Å². The number of primary amides is 1. The number of hydrogen-bond acceptors (Lipinski definition) is 3. The fraction of sp³-hybridized carbons (Fsp3) is 0.0333. The summed E-state index contributed by atoms with van der Waals surface area (Å²) < 4.78 is 55.5. The van der Waals surface area contributed by atoms with E-state index in [4.69, 9.17) is 5.73 Å². The average molecular weight is 529 g/mol. The molecule has 5 nitrogen and oxygen atoms in total. The Morgan fingerprint density at radius 1 is 0.795 bits per heavy atom. The Morgan fingerprint density at radius 2 is 1.46 bits per heavy atom. The van der Waals surface area contributed by atoms with E-state index < -0.39 is 29.4 Å². The lowest BCUT2D eigenvalue weighted by Gasteiger charge is -2.22. The summed E-state index contributed by atoms with van der Waals surface area (Å²) in [6.45, 7) is 0. The van der Waals surface area contributed by atoms with Crippen molar-refractivity contribution in [2.75, 3.05) is 4.90 Å². The number of fused-ring (bicyclic) bond motifs is 1. The van der Waals surface area contributed by atoms with Gasteiger partial charge in [0.05, 0.1) is 22.5 Å². The number of nitrogens with zero attached hydrogens (tertiary/aromatic N) is 2. The maximum absolute atomic E-state index is 13.9. The maximum atomic E-state index is 13.9. The highest BCUT2D eigenvalue weighted by atomic mass is 19.4. The van der Waals surface area contributed by atoms with Crippen LogP contribution in [0.4, 0.5) is 33.7 Å². The van der Waals surface area contributed by atoms with Crippen LogP contribution >= 0.6 is 0 Å². The van der Waals surface area contributed by atoms with E-state index in [1.54, 1.807) is 48.5 Å². The SMILES string of the molecule is NC(=O)N(c1cccc(F)c1)c1cccc(-c2c(C(=O)c3ccccc3)cnc3c(C(F)(F)F)cccc23)c1. The van der Waals surface area contributed by atoms with Gasteiger partial charge in [0.1, 0.15) is 5.82 Å². The van der Waals surface area contributed by atoms with Gasteiger partial charge in [-0.2, -0.15) is 13.2 Å². The third kappa shape index (κ3) is 4.94. The van der Waals surface area contributed by atoms with Crippen LogP contribution < -0.4 is 10.6 Å². The van der Waals surface area contributed by atoms with E-state index >= 15 is 0 Å². The van der Waals surface area contributed by atoms with E-state index in [1.165, 1.54) is 36.4 Å². The highest BCUT2D eigenvalue weighted by Crippen LogP contribution is 2.40. The van der Waals surface area contributed by atoms with E-state index in [9.17, 15) is 27.2 Å². The molecule has 2 N–H and O–H groups in total. The second-order valence-electron chi connectivity index (χ2n) is 8.65. The normalized spacial score (nSPS) is 11.4. The molecular formula is C30H19F4N3O2. The fourth-order valence-corrected chi connectivity index (χ4v) is 4.50. The Labute approximate surface area is 220 Å². The van der Waals surface area contributed by atoms with E-state index in [1.807, 2.05) is 0 Å². The predicted octanol–water partition coefficient (Wildman–Crippen LogP) is 7.51. The van der Waals surface area contributed by atoms with Gasteiger partial charge in [-0.15, -0.1) is 0 Å². The number of halogens is 4. The molecule has 0 atom stereocenters. The molecule has 0 aliphatic rings. The third-order valence-corrected chi connectivity index (χ3v) is 6.16. The largest absolute Gasteiger partial charge is 0.418 e. The quantitative estimate of drug-likeness (QED) is 0.189. The average Bonchev–Trinajstić information content (AvgIpc) is 2.92. The Balaban J connectivity index is 1.78.